The lowest BCUT2D eigenvalue weighted by Crippen LogP contribution is -2.10. The maximum Gasteiger partial charge on any atom is 0.216 e. The summed E-state index contributed by atoms with van der Waals surface area (Å²) < 4.78 is 2.07. The van der Waals surface area contributed by atoms with E-state index >= 15 is 0 Å². The molecular weight excluding hydrogens is 318 g/mol. The Morgan fingerprint density at radius 1 is 1.17 bits per heavy atom. The van der Waals surface area contributed by atoms with Crippen molar-refractivity contribution in [2.24, 2.45) is 5.10 Å². The van der Waals surface area contributed by atoms with E-state index in [0.717, 1.165) is 11.1 Å². The first-order valence-electron chi connectivity index (χ1n) is 7.68. The zero-order chi connectivity index (χ0) is 17.2. The Bertz CT molecular complexity index is 899. The summed E-state index contributed by atoms with van der Waals surface area (Å²) in [6.07, 6.45) is 5.18. The number of nitrogens with one attached hydrogen (secondary N) is 1. The van der Waals surface area contributed by atoms with Crippen molar-refractivity contribution in [2.75, 3.05) is 0 Å². The fourth-order valence-corrected chi connectivity index (χ4v) is 2.46. The van der Waals surface area contributed by atoms with Crippen LogP contribution in [-0.4, -0.2) is 26.1 Å². The van der Waals surface area contributed by atoms with Gasteiger partial charge in [-0.05, 0) is 29.3 Å². The van der Waals surface area contributed by atoms with Crippen LogP contribution >= 0.6 is 12.2 Å². The summed E-state index contributed by atoms with van der Waals surface area (Å²) in [5.74, 6) is 0.681. The minimum Gasteiger partial charge on any atom is -0.264 e. The second-order valence-corrected chi connectivity index (χ2v) is 6.91. The summed E-state index contributed by atoms with van der Waals surface area (Å²) in [6.45, 7) is 6.57. The minimum absolute atomic E-state index is 0.113. The Kier molecular flexibility index (Phi) is 4.40. The normalized spacial score (nSPS) is 12.0. The number of aromatic amines is 1. The van der Waals surface area contributed by atoms with Crippen LogP contribution in [-0.2, 0) is 5.41 Å². The van der Waals surface area contributed by atoms with E-state index in [1.165, 1.54) is 5.56 Å². The fourth-order valence-electron chi connectivity index (χ4n) is 2.28. The summed E-state index contributed by atoms with van der Waals surface area (Å²) >= 11 is 5.29. The van der Waals surface area contributed by atoms with Gasteiger partial charge in [-0.3, -0.25) is 4.98 Å². The highest BCUT2D eigenvalue weighted by Gasteiger charge is 2.14. The molecule has 0 aliphatic heterocycles. The van der Waals surface area contributed by atoms with Crippen LogP contribution in [0.15, 0.2) is 53.9 Å². The molecule has 0 aliphatic rings. The number of H-pyrrole nitrogens is 1. The molecule has 0 unspecified atom stereocenters. The third-order valence-electron chi connectivity index (χ3n) is 3.67. The molecule has 2 aromatic heterocycles. The van der Waals surface area contributed by atoms with Gasteiger partial charge in [0.25, 0.3) is 0 Å². The van der Waals surface area contributed by atoms with Crippen LogP contribution in [0, 0.1) is 4.77 Å². The molecule has 0 radical (unpaired) electrons. The Hall–Kier alpha value is -2.60. The maximum absolute atomic E-state index is 5.29. The standard InChI is InChI=1S/C18H19N5S/c1-18(2,3)15-8-6-14(7-9-15)16-21-22-17(24)23(16)20-12-13-5-4-10-19-11-13/h4-12H,1-3H3,(H,22,24). The maximum atomic E-state index is 5.29. The van der Waals surface area contributed by atoms with E-state index in [9.17, 15) is 0 Å². The van der Waals surface area contributed by atoms with E-state index in [1.807, 2.05) is 24.3 Å². The molecule has 2 heterocycles. The summed E-state index contributed by atoms with van der Waals surface area (Å²) in [7, 11) is 0. The van der Waals surface area contributed by atoms with Crippen molar-refractivity contribution < 1.29 is 0 Å². The van der Waals surface area contributed by atoms with Crippen molar-refractivity contribution in [3.8, 4) is 11.4 Å². The zero-order valence-corrected chi connectivity index (χ0v) is 14.7. The first-order chi connectivity index (χ1) is 11.4. The third kappa shape index (κ3) is 3.49. The molecule has 0 bridgehead atoms. The number of benzene rings is 1. The molecule has 6 heteroatoms. The summed E-state index contributed by atoms with van der Waals surface area (Å²) in [6, 6.07) is 12.1. The average molecular weight is 337 g/mol. The SMILES string of the molecule is CC(C)(C)c1ccc(-c2n[nH]c(=S)n2N=Cc2cccnc2)cc1. The summed E-state index contributed by atoms with van der Waals surface area (Å²) in [5, 5.41) is 11.5. The van der Waals surface area contributed by atoms with Crippen molar-refractivity contribution in [3.63, 3.8) is 0 Å². The highest BCUT2D eigenvalue weighted by atomic mass is 32.1. The first-order valence-corrected chi connectivity index (χ1v) is 8.09. The lowest BCUT2D eigenvalue weighted by atomic mass is 9.87. The van der Waals surface area contributed by atoms with E-state index in [4.69, 9.17) is 12.2 Å². The van der Waals surface area contributed by atoms with Crippen molar-refractivity contribution in [1.29, 1.82) is 0 Å². The van der Waals surface area contributed by atoms with Gasteiger partial charge in [0, 0.05) is 23.5 Å². The lowest BCUT2D eigenvalue weighted by Gasteiger charge is -2.18. The molecule has 24 heavy (non-hydrogen) atoms. The molecule has 1 N–H and O–H groups in total. The van der Waals surface area contributed by atoms with Crippen LogP contribution in [0.1, 0.15) is 31.9 Å². The number of rotatable bonds is 3. The second kappa shape index (κ2) is 6.49. The smallest absolute Gasteiger partial charge is 0.216 e. The quantitative estimate of drug-likeness (QED) is 0.576. The highest BCUT2D eigenvalue weighted by molar-refractivity contribution is 7.71. The van der Waals surface area contributed by atoms with Gasteiger partial charge in [0.1, 0.15) is 0 Å². The van der Waals surface area contributed by atoms with Gasteiger partial charge in [0.05, 0.1) is 6.21 Å². The van der Waals surface area contributed by atoms with E-state index in [0.29, 0.717) is 10.6 Å². The van der Waals surface area contributed by atoms with Gasteiger partial charge >= 0.3 is 0 Å². The van der Waals surface area contributed by atoms with Crippen LogP contribution in [0.4, 0.5) is 0 Å². The van der Waals surface area contributed by atoms with Crippen LogP contribution in [0.3, 0.4) is 0 Å². The average Bonchev–Trinajstić information content (AvgIpc) is 2.94. The van der Waals surface area contributed by atoms with Crippen molar-refractivity contribution >= 4 is 18.4 Å². The first kappa shape index (κ1) is 16.3. The molecule has 1 aromatic carbocycles. The van der Waals surface area contributed by atoms with Crippen LogP contribution in [0.5, 0.6) is 0 Å². The number of hydrogen-bond donors (Lipinski definition) is 1. The number of aromatic nitrogens is 4. The molecule has 0 saturated heterocycles. The Morgan fingerprint density at radius 2 is 1.92 bits per heavy atom. The molecule has 5 nitrogen and oxygen atoms in total. The van der Waals surface area contributed by atoms with Gasteiger partial charge < -0.3 is 0 Å². The highest BCUT2D eigenvalue weighted by Crippen LogP contribution is 2.25. The largest absolute Gasteiger partial charge is 0.264 e. The minimum atomic E-state index is 0.113. The Balaban J connectivity index is 1.96. The molecule has 0 atom stereocenters. The van der Waals surface area contributed by atoms with Gasteiger partial charge in [-0.1, -0.05) is 51.1 Å². The molecule has 0 amide bonds. The Morgan fingerprint density at radius 3 is 2.54 bits per heavy atom. The summed E-state index contributed by atoms with van der Waals surface area (Å²) in [5.41, 5.74) is 3.24. The van der Waals surface area contributed by atoms with Gasteiger partial charge in [0.15, 0.2) is 5.82 Å². The predicted molar refractivity (Wildman–Crippen MR) is 98.8 cm³/mol. The topological polar surface area (TPSA) is 58.9 Å². The van der Waals surface area contributed by atoms with E-state index < -0.39 is 0 Å². The molecule has 122 valence electrons. The van der Waals surface area contributed by atoms with Gasteiger partial charge in [-0.25, -0.2) is 5.10 Å². The Labute approximate surface area is 146 Å². The van der Waals surface area contributed by atoms with E-state index in [2.05, 4.69) is 53.2 Å². The predicted octanol–water partition coefficient (Wildman–Crippen LogP) is 4.18. The second-order valence-electron chi connectivity index (χ2n) is 6.52. The summed E-state index contributed by atoms with van der Waals surface area (Å²) in [4.78, 5) is 4.07. The van der Waals surface area contributed by atoms with Gasteiger partial charge in [-0.15, -0.1) is 0 Å². The molecule has 0 spiro atoms. The van der Waals surface area contributed by atoms with Crippen molar-refractivity contribution in [2.45, 2.75) is 26.2 Å². The van der Waals surface area contributed by atoms with Gasteiger partial charge in [0.2, 0.25) is 4.77 Å². The third-order valence-corrected chi connectivity index (χ3v) is 3.93. The molecule has 0 saturated carbocycles. The monoisotopic (exact) mass is 337 g/mol. The van der Waals surface area contributed by atoms with Gasteiger partial charge in [-0.2, -0.15) is 14.9 Å². The number of pyridine rings is 1. The fraction of sp³-hybridized carbons (Fsp3) is 0.222. The van der Waals surface area contributed by atoms with E-state index in [-0.39, 0.29) is 5.41 Å². The zero-order valence-electron chi connectivity index (χ0n) is 13.9. The van der Waals surface area contributed by atoms with Crippen LogP contribution in [0.25, 0.3) is 11.4 Å². The lowest BCUT2D eigenvalue weighted by molar-refractivity contribution is 0.590. The van der Waals surface area contributed by atoms with Crippen LogP contribution in [0.2, 0.25) is 0 Å². The molecule has 0 fully saturated rings. The van der Waals surface area contributed by atoms with Crippen molar-refractivity contribution in [3.05, 3.63) is 64.7 Å². The van der Waals surface area contributed by atoms with Crippen molar-refractivity contribution in [1.82, 2.24) is 19.9 Å². The van der Waals surface area contributed by atoms with E-state index in [1.54, 1.807) is 23.3 Å². The molecule has 3 aromatic rings. The number of nitrogens with zero attached hydrogens (tertiary/aromatic N) is 4. The molecule has 0 aliphatic carbocycles. The van der Waals surface area contributed by atoms with Crippen LogP contribution < -0.4 is 0 Å². The molecule has 3 rings (SSSR count). The molecular formula is C18H19N5S. The number of hydrogen-bond acceptors (Lipinski definition) is 4.